The minimum Gasteiger partial charge on any atom is -0.480 e. The van der Waals surface area contributed by atoms with Gasteiger partial charge in [0.1, 0.15) is 5.54 Å². The molecule has 0 aliphatic heterocycles. The fourth-order valence-corrected chi connectivity index (χ4v) is 3.48. The minimum absolute atomic E-state index is 0.119. The van der Waals surface area contributed by atoms with E-state index in [2.05, 4.69) is 4.98 Å². The molecule has 1 amide bonds. The molecule has 0 radical (unpaired) electrons. The van der Waals surface area contributed by atoms with Crippen LogP contribution in [0.25, 0.3) is 0 Å². The molecule has 1 heterocycles. The molecule has 0 bridgehead atoms. The van der Waals surface area contributed by atoms with Crippen molar-refractivity contribution >= 4 is 35.0 Å². The molecule has 0 unspecified atom stereocenters. The number of thiazole rings is 1. The van der Waals surface area contributed by atoms with Crippen LogP contribution in [0.2, 0.25) is 0 Å². The van der Waals surface area contributed by atoms with Gasteiger partial charge in [-0.3, -0.25) is 4.79 Å². The van der Waals surface area contributed by atoms with Crippen LogP contribution >= 0.6 is 23.1 Å². The van der Waals surface area contributed by atoms with Gasteiger partial charge in [0.15, 0.2) is 0 Å². The highest BCUT2D eigenvalue weighted by molar-refractivity contribution is 7.98. The van der Waals surface area contributed by atoms with Crippen LogP contribution in [0.15, 0.2) is 5.38 Å². The van der Waals surface area contributed by atoms with Crippen molar-refractivity contribution in [3.05, 3.63) is 16.1 Å². The first-order valence-electron chi connectivity index (χ1n) is 6.81. The second-order valence-electron chi connectivity index (χ2n) is 5.16. The molecule has 0 aliphatic carbocycles. The topological polar surface area (TPSA) is 70.5 Å². The third-order valence-corrected chi connectivity index (χ3v) is 5.01. The van der Waals surface area contributed by atoms with Crippen molar-refractivity contribution in [2.75, 3.05) is 12.3 Å². The molecule has 21 heavy (non-hydrogen) atoms. The number of aliphatic carboxylic acids is 1. The molecule has 0 aromatic carbocycles. The van der Waals surface area contributed by atoms with E-state index in [1.807, 2.05) is 12.3 Å². The molecule has 0 saturated carbocycles. The third-order valence-electron chi connectivity index (χ3n) is 3.19. The first-order chi connectivity index (χ1) is 9.78. The van der Waals surface area contributed by atoms with Crippen LogP contribution in [-0.2, 0) is 15.3 Å². The van der Waals surface area contributed by atoms with Crippen molar-refractivity contribution in [3.63, 3.8) is 0 Å². The summed E-state index contributed by atoms with van der Waals surface area (Å²) >= 11 is 3.26. The maximum Gasteiger partial charge on any atom is 0.329 e. The summed E-state index contributed by atoms with van der Waals surface area (Å²) in [6.07, 6.45) is 0.346. The second kappa shape index (κ2) is 7.79. The van der Waals surface area contributed by atoms with Gasteiger partial charge in [-0.25, -0.2) is 9.78 Å². The highest BCUT2D eigenvalue weighted by Gasteiger charge is 2.36. The molecule has 7 heteroatoms. The Kier molecular flexibility index (Phi) is 6.67. The van der Waals surface area contributed by atoms with Crippen molar-refractivity contribution in [2.45, 2.75) is 45.4 Å². The lowest BCUT2D eigenvalue weighted by Gasteiger charge is -2.34. The summed E-state index contributed by atoms with van der Waals surface area (Å²) < 4.78 is 0. The van der Waals surface area contributed by atoms with Crippen LogP contribution < -0.4 is 0 Å². The maximum atomic E-state index is 12.2. The molecule has 0 fully saturated rings. The number of carboxylic acid groups (broad SMARTS) is 1. The van der Waals surface area contributed by atoms with E-state index in [1.165, 1.54) is 4.90 Å². The Labute approximate surface area is 133 Å². The number of hydrogen-bond acceptors (Lipinski definition) is 5. The molecule has 0 saturated heterocycles. The SMILES string of the molecule is CCN(C(=O)CCSCc1csc(C)n1)C(C)(C)C(=O)O. The summed E-state index contributed by atoms with van der Waals surface area (Å²) in [7, 11) is 0. The van der Waals surface area contributed by atoms with E-state index in [9.17, 15) is 14.7 Å². The fourth-order valence-electron chi connectivity index (χ4n) is 1.94. The van der Waals surface area contributed by atoms with E-state index < -0.39 is 11.5 Å². The normalized spacial score (nSPS) is 11.4. The van der Waals surface area contributed by atoms with Gasteiger partial charge in [0, 0.05) is 29.9 Å². The minimum atomic E-state index is -1.16. The van der Waals surface area contributed by atoms with E-state index in [0.717, 1.165) is 16.5 Å². The van der Waals surface area contributed by atoms with Crippen molar-refractivity contribution in [1.29, 1.82) is 0 Å². The predicted molar refractivity (Wildman–Crippen MR) is 86.7 cm³/mol. The van der Waals surface area contributed by atoms with Crippen LogP contribution in [0.3, 0.4) is 0 Å². The zero-order valence-electron chi connectivity index (χ0n) is 12.9. The number of carboxylic acids is 1. The van der Waals surface area contributed by atoms with E-state index in [1.54, 1.807) is 43.9 Å². The molecular weight excluding hydrogens is 308 g/mol. The lowest BCUT2D eigenvalue weighted by Crippen LogP contribution is -2.53. The molecule has 1 N–H and O–H groups in total. The quantitative estimate of drug-likeness (QED) is 0.742. The van der Waals surface area contributed by atoms with Crippen molar-refractivity contribution in [1.82, 2.24) is 9.88 Å². The molecule has 0 atom stereocenters. The number of nitrogens with zero attached hydrogens (tertiary/aromatic N) is 2. The average Bonchev–Trinajstić information content (AvgIpc) is 2.81. The Morgan fingerprint density at radius 1 is 1.48 bits per heavy atom. The largest absolute Gasteiger partial charge is 0.480 e. The van der Waals surface area contributed by atoms with Crippen LogP contribution in [0, 0.1) is 6.92 Å². The van der Waals surface area contributed by atoms with Gasteiger partial charge in [-0.15, -0.1) is 11.3 Å². The Hall–Kier alpha value is -1.08. The van der Waals surface area contributed by atoms with E-state index in [4.69, 9.17) is 0 Å². The summed E-state index contributed by atoms with van der Waals surface area (Å²) in [5.74, 6) is 0.350. The van der Waals surface area contributed by atoms with Gasteiger partial charge in [0.05, 0.1) is 10.7 Å². The smallest absolute Gasteiger partial charge is 0.329 e. The average molecular weight is 330 g/mol. The second-order valence-corrected chi connectivity index (χ2v) is 7.33. The Balaban J connectivity index is 2.43. The molecule has 0 aliphatic rings. The van der Waals surface area contributed by atoms with Crippen molar-refractivity contribution in [3.8, 4) is 0 Å². The number of likely N-dealkylation sites (N-methyl/N-ethyl adjacent to an activating group) is 1. The zero-order chi connectivity index (χ0) is 16.0. The summed E-state index contributed by atoms with van der Waals surface area (Å²) in [6.45, 7) is 7.28. The van der Waals surface area contributed by atoms with Gasteiger partial charge >= 0.3 is 5.97 Å². The van der Waals surface area contributed by atoms with Crippen LogP contribution in [-0.4, -0.2) is 44.7 Å². The number of aryl methyl sites for hydroxylation is 1. The molecule has 118 valence electrons. The fraction of sp³-hybridized carbons (Fsp3) is 0.643. The van der Waals surface area contributed by atoms with Gasteiger partial charge in [-0.05, 0) is 27.7 Å². The number of carbonyl (C=O) groups is 2. The monoisotopic (exact) mass is 330 g/mol. The molecule has 1 rings (SSSR count). The zero-order valence-corrected chi connectivity index (χ0v) is 14.5. The first-order valence-corrected chi connectivity index (χ1v) is 8.85. The Bertz CT molecular complexity index is 500. The number of rotatable bonds is 8. The lowest BCUT2D eigenvalue weighted by molar-refractivity contribution is -0.156. The number of aromatic nitrogens is 1. The Morgan fingerprint density at radius 3 is 2.62 bits per heavy atom. The van der Waals surface area contributed by atoms with Gasteiger partial charge in [0.25, 0.3) is 0 Å². The van der Waals surface area contributed by atoms with Gasteiger partial charge in [-0.1, -0.05) is 0 Å². The summed E-state index contributed by atoms with van der Waals surface area (Å²) in [4.78, 5) is 29.2. The van der Waals surface area contributed by atoms with Gasteiger partial charge in [0.2, 0.25) is 5.91 Å². The van der Waals surface area contributed by atoms with E-state index in [0.29, 0.717) is 18.7 Å². The molecule has 1 aromatic rings. The summed E-state index contributed by atoms with van der Waals surface area (Å²) in [6, 6.07) is 0. The van der Waals surface area contributed by atoms with Crippen LogP contribution in [0.4, 0.5) is 0 Å². The highest BCUT2D eigenvalue weighted by Crippen LogP contribution is 2.19. The molecule has 5 nitrogen and oxygen atoms in total. The third kappa shape index (κ3) is 5.00. The number of hydrogen-bond donors (Lipinski definition) is 1. The highest BCUT2D eigenvalue weighted by atomic mass is 32.2. The maximum absolute atomic E-state index is 12.2. The number of carbonyl (C=O) groups excluding carboxylic acids is 1. The van der Waals surface area contributed by atoms with Crippen molar-refractivity contribution < 1.29 is 14.7 Å². The van der Waals surface area contributed by atoms with E-state index >= 15 is 0 Å². The molecule has 1 aromatic heterocycles. The predicted octanol–water partition coefficient (Wildman–Crippen LogP) is 2.79. The van der Waals surface area contributed by atoms with Gasteiger partial charge in [-0.2, -0.15) is 11.8 Å². The molecular formula is C14H22N2O3S2. The lowest BCUT2D eigenvalue weighted by atomic mass is 10.0. The van der Waals surface area contributed by atoms with Crippen LogP contribution in [0.5, 0.6) is 0 Å². The Morgan fingerprint density at radius 2 is 2.14 bits per heavy atom. The number of thioether (sulfide) groups is 1. The summed E-state index contributed by atoms with van der Waals surface area (Å²) in [5.41, 5.74) is -0.129. The first kappa shape index (κ1) is 18.0. The van der Waals surface area contributed by atoms with Crippen molar-refractivity contribution in [2.24, 2.45) is 0 Å². The van der Waals surface area contributed by atoms with E-state index in [-0.39, 0.29) is 5.91 Å². The number of amides is 1. The standard InChI is InChI=1S/C14H22N2O3S2/c1-5-16(14(3,4)13(18)19)12(17)6-7-20-8-11-9-21-10(2)15-11/h9H,5-8H2,1-4H3,(H,18,19). The van der Waals surface area contributed by atoms with Gasteiger partial charge < -0.3 is 10.0 Å². The summed E-state index contributed by atoms with van der Waals surface area (Å²) in [5, 5.41) is 12.3. The molecule has 0 spiro atoms. The van der Waals surface area contributed by atoms with Crippen LogP contribution in [0.1, 0.15) is 37.9 Å².